The zero-order valence-corrected chi connectivity index (χ0v) is 11.2. The van der Waals surface area contributed by atoms with E-state index < -0.39 is 6.10 Å². The molecule has 2 N–H and O–H groups in total. The molecule has 1 aliphatic carbocycles. The number of hydrogen-bond acceptors (Lipinski definition) is 2. The van der Waals surface area contributed by atoms with Crippen LogP contribution in [0.2, 0.25) is 0 Å². The summed E-state index contributed by atoms with van der Waals surface area (Å²) in [5, 5.41) is 13.8. The average Bonchev–Trinajstić information content (AvgIpc) is 2.73. The summed E-state index contributed by atoms with van der Waals surface area (Å²) in [5.74, 6) is 0. The van der Waals surface area contributed by atoms with Crippen LogP contribution in [-0.4, -0.2) is 11.7 Å². The third-order valence-electron chi connectivity index (χ3n) is 3.75. The molecule has 0 saturated carbocycles. The Labute approximate surface area is 114 Å². The molecule has 2 aromatic carbocycles. The Bertz CT molecular complexity index is 592. The molecule has 0 saturated heterocycles. The summed E-state index contributed by atoms with van der Waals surface area (Å²) < 4.78 is 0. The third kappa shape index (κ3) is 2.13. The van der Waals surface area contributed by atoms with Gasteiger partial charge in [0, 0.05) is 12.2 Å². The van der Waals surface area contributed by atoms with Gasteiger partial charge >= 0.3 is 0 Å². The molecular weight excluding hydrogens is 234 g/mol. The molecule has 0 spiro atoms. The molecule has 2 nitrogen and oxygen atoms in total. The number of aliphatic hydroxyl groups excluding tert-OH is 1. The lowest BCUT2D eigenvalue weighted by Crippen LogP contribution is -2.02. The summed E-state index contributed by atoms with van der Waals surface area (Å²) in [6, 6.07) is 14.4. The number of aliphatic hydroxyl groups is 1. The van der Waals surface area contributed by atoms with E-state index in [0.717, 1.165) is 34.5 Å². The quantitative estimate of drug-likeness (QED) is 0.808. The molecule has 2 heteroatoms. The normalized spacial score (nSPS) is 16.0. The highest BCUT2D eigenvalue weighted by Crippen LogP contribution is 2.44. The number of hydrogen-bond donors (Lipinski definition) is 2. The van der Waals surface area contributed by atoms with Crippen molar-refractivity contribution in [1.82, 2.24) is 0 Å². The summed E-state index contributed by atoms with van der Waals surface area (Å²) >= 11 is 0. The Kier molecular flexibility index (Phi) is 3.26. The Balaban J connectivity index is 1.92. The molecule has 98 valence electrons. The van der Waals surface area contributed by atoms with Gasteiger partial charge in [0.05, 0.1) is 0 Å². The van der Waals surface area contributed by atoms with Crippen LogP contribution >= 0.6 is 0 Å². The highest BCUT2D eigenvalue weighted by atomic mass is 16.3. The van der Waals surface area contributed by atoms with Crippen LogP contribution in [0.1, 0.15) is 37.0 Å². The maximum absolute atomic E-state index is 10.4. The predicted octanol–water partition coefficient (Wildman–Crippen LogP) is 3.96. The minimum absolute atomic E-state index is 0.487. The van der Waals surface area contributed by atoms with Crippen molar-refractivity contribution >= 4 is 5.69 Å². The van der Waals surface area contributed by atoms with Gasteiger partial charge in [0.15, 0.2) is 0 Å². The molecule has 0 aromatic heterocycles. The van der Waals surface area contributed by atoms with Gasteiger partial charge in [-0.25, -0.2) is 0 Å². The standard InChI is InChI=1S/C17H19NO/c1-2-3-10-18-12-8-9-14-13-6-4-5-7-15(13)17(19)16(14)11-12/h4-9,11,17-19H,2-3,10H2,1H3/t17-/m1/s1. The van der Waals surface area contributed by atoms with Crippen LogP contribution in [0.5, 0.6) is 0 Å². The fourth-order valence-corrected chi connectivity index (χ4v) is 2.70. The zero-order chi connectivity index (χ0) is 13.2. The van der Waals surface area contributed by atoms with Crippen LogP contribution in [0.25, 0.3) is 11.1 Å². The molecule has 0 amide bonds. The van der Waals surface area contributed by atoms with Crippen molar-refractivity contribution in [3.63, 3.8) is 0 Å². The second-order valence-corrected chi connectivity index (χ2v) is 5.07. The fourth-order valence-electron chi connectivity index (χ4n) is 2.70. The highest BCUT2D eigenvalue weighted by molar-refractivity contribution is 5.79. The van der Waals surface area contributed by atoms with Gasteiger partial charge in [0.1, 0.15) is 6.10 Å². The van der Waals surface area contributed by atoms with E-state index in [-0.39, 0.29) is 0 Å². The Morgan fingerprint density at radius 2 is 1.84 bits per heavy atom. The summed E-state index contributed by atoms with van der Waals surface area (Å²) in [5.41, 5.74) is 5.44. The maximum Gasteiger partial charge on any atom is 0.105 e. The van der Waals surface area contributed by atoms with Gasteiger partial charge in [-0.2, -0.15) is 0 Å². The molecule has 3 rings (SSSR count). The van der Waals surface area contributed by atoms with Crippen molar-refractivity contribution in [3.8, 4) is 11.1 Å². The molecule has 1 atom stereocenters. The van der Waals surface area contributed by atoms with E-state index in [9.17, 15) is 5.11 Å². The van der Waals surface area contributed by atoms with Crippen molar-refractivity contribution in [2.45, 2.75) is 25.9 Å². The van der Waals surface area contributed by atoms with E-state index in [1.54, 1.807) is 0 Å². The molecule has 0 radical (unpaired) electrons. The lowest BCUT2D eigenvalue weighted by Gasteiger charge is -2.10. The minimum atomic E-state index is -0.487. The highest BCUT2D eigenvalue weighted by Gasteiger charge is 2.26. The van der Waals surface area contributed by atoms with Gasteiger partial charge in [-0.1, -0.05) is 43.7 Å². The van der Waals surface area contributed by atoms with Crippen molar-refractivity contribution in [3.05, 3.63) is 53.6 Å². The van der Waals surface area contributed by atoms with E-state index in [1.165, 1.54) is 12.8 Å². The molecule has 0 heterocycles. The molecule has 0 unspecified atom stereocenters. The van der Waals surface area contributed by atoms with Crippen LogP contribution in [-0.2, 0) is 0 Å². The Morgan fingerprint density at radius 3 is 2.68 bits per heavy atom. The van der Waals surface area contributed by atoms with Crippen molar-refractivity contribution in [2.75, 3.05) is 11.9 Å². The van der Waals surface area contributed by atoms with E-state index in [0.29, 0.717) is 0 Å². The summed E-state index contributed by atoms with van der Waals surface area (Å²) in [6.45, 7) is 3.17. The van der Waals surface area contributed by atoms with Crippen LogP contribution in [0.15, 0.2) is 42.5 Å². The smallest absolute Gasteiger partial charge is 0.105 e. The lowest BCUT2D eigenvalue weighted by molar-refractivity contribution is 0.225. The molecular formula is C17H19NO. The number of nitrogens with one attached hydrogen (secondary N) is 1. The van der Waals surface area contributed by atoms with E-state index in [4.69, 9.17) is 0 Å². The predicted molar refractivity (Wildman–Crippen MR) is 79.3 cm³/mol. The van der Waals surface area contributed by atoms with E-state index >= 15 is 0 Å². The third-order valence-corrected chi connectivity index (χ3v) is 3.75. The van der Waals surface area contributed by atoms with Crippen LogP contribution in [0.4, 0.5) is 5.69 Å². The molecule has 2 aromatic rings. The first-order valence-electron chi connectivity index (χ1n) is 6.96. The van der Waals surface area contributed by atoms with Gasteiger partial charge in [-0.3, -0.25) is 0 Å². The summed E-state index contributed by atoms with van der Waals surface area (Å²) in [7, 11) is 0. The van der Waals surface area contributed by atoms with Gasteiger partial charge in [0.25, 0.3) is 0 Å². The number of anilines is 1. The number of unbranched alkanes of at least 4 members (excludes halogenated alkanes) is 1. The number of rotatable bonds is 4. The fraction of sp³-hybridized carbons (Fsp3) is 0.294. The van der Waals surface area contributed by atoms with Gasteiger partial charge in [-0.15, -0.1) is 0 Å². The van der Waals surface area contributed by atoms with Crippen LogP contribution in [0, 0.1) is 0 Å². The Hall–Kier alpha value is -1.80. The first-order valence-corrected chi connectivity index (χ1v) is 6.96. The molecule has 0 aliphatic heterocycles. The molecule has 1 aliphatic rings. The van der Waals surface area contributed by atoms with Crippen molar-refractivity contribution in [2.24, 2.45) is 0 Å². The second kappa shape index (κ2) is 5.06. The average molecular weight is 253 g/mol. The van der Waals surface area contributed by atoms with Gasteiger partial charge < -0.3 is 10.4 Å². The first-order chi connectivity index (χ1) is 9.31. The number of fused-ring (bicyclic) bond motifs is 3. The molecule has 0 fully saturated rings. The largest absolute Gasteiger partial charge is 0.385 e. The second-order valence-electron chi connectivity index (χ2n) is 5.07. The van der Waals surface area contributed by atoms with Crippen molar-refractivity contribution in [1.29, 1.82) is 0 Å². The van der Waals surface area contributed by atoms with E-state index in [2.05, 4.69) is 36.5 Å². The monoisotopic (exact) mass is 253 g/mol. The molecule has 19 heavy (non-hydrogen) atoms. The number of benzene rings is 2. The van der Waals surface area contributed by atoms with Crippen LogP contribution in [0.3, 0.4) is 0 Å². The van der Waals surface area contributed by atoms with E-state index in [1.807, 2.05) is 18.2 Å². The van der Waals surface area contributed by atoms with Crippen molar-refractivity contribution < 1.29 is 5.11 Å². The zero-order valence-electron chi connectivity index (χ0n) is 11.2. The SMILES string of the molecule is CCCCNc1ccc2c(c1)[C@H](O)c1ccccc1-2. The van der Waals surface area contributed by atoms with Gasteiger partial charge in [-0.05, 0) is 40.8 Å². The van der Waals surface area contributed by atoms with Crippen LogP contribution < -0.4 is 5.32 Å². The maximum atomic E-state index is 10.4. The summed E-state index contributed by atoms with van der Waals surface area (Å²) in [4.78, 5) is 0. The Morgan fingerprint density at radius 1 is 1.05 bits per heavy atom. The first kappa shape index (κ1) is 12.2. The minimum Gasteiger partial charge on any atom is -0.385 e. The topological polar surface area (TPSA) is 32.3 Å². The summed E-state index contributed by atoms with van der Waals surface area (Å²) in [6.07, 6.45) is 1.87. The molecule has 0 bridgehead atoms. The van der Waals surface area contributed by atoms with Gasteiger partial charge in [0.2, 0.25) is 0 Å². The lowest BCUT2D eigenvalue weighted by atomic mass is 10.1.